The van der Waals surface area contributed by atoms with Gasteiger partial charge in [0.05, 0.1) is 12.9 Å². The highest BCUT2D eigenvalue weighted by atomic mass is 32.2. The van der Waals surface area contributed by atoms with Gasteiger partial charge >= 0.3 is 15.6 Å². The number of hydrogen-bond acceptors (Lipinski definition) is 17. The van der Waals surface area contributed by atoms with Crippen LogP contribution in [-0.4, -0.2) is 118 Å². The highest BCUT2D eigenvalue weighted by molar-refractivity contribution is 8.13. The lowest BCUT2D eigenvalue weighted by Crippen LogP contribution is -2.49. The Balaban J connectivity index is 1.48. The number of aromatic nitrogens is 4. The molecule has 264 valence electrons. The molecule has 7 atom stereocenters. The van der Waals surface area contributed by atoms with E-state index in [0.717, 1.165) is 31.9 Å². The molecule has 1 fully saturated rings. The van der Waals surface area contributed by atoms with Crippen molar-refractivity contribution in [2.45, 2.75) is 69.4 Å². The number of phosphoric acid groups is 2. The maximum atomic E-state index is 12.6. The minimum absolute atomic E-state index is 0.0192. The summed E-state index contributed by atoms with van der Waals surface area (Å²) >= 11 is 1.08. The molecule has 2 aromatic heterocycles. The fourth-order valence-corrected chi connectivity index (χ4v) is 6.94. The monoisotopic (exact) mass is 729 g/mol. The van der Waals surface area contributed by atoms with Crippen LogP contribution in [0.2, 0.25) is 0 Å². The number of carbonyl (C=O) groups is 3. The van der Waals surface area contributed by atoms with Crippen molar-refractivity contribution in [3.8, 4) is 0 Å². The zero-order chi connectivity index (χ0) is 35.2. The van der Waals surface area contributed by atoms with E-state index in [0.29, 0.717) is 6.42 Å². The summed E-state index contributed by atoms with van der Waals surface area (Å²) in [5.41, 5.74) is 3.91. The van der Waals surface area contributed by atoms with Gasteiger partial charge in [-0.3, -0.25) is 28.0 Å². The molecule has 2 aromatic rings. The molecule has 2 unspecified atom stereocenters. The van der Waals surface area contributed by atoms with E-state index in [4.69, 9.17) is 19.5 Å². The van der Waals surface area contributed by atoms with Crippen molar-refractivity contribution in [2.24, 2.45) is 0 Å². The van der Waals surface area contributed by atoms with Gasteiger partial charge in [0.1, 0.15) is 35.8 Å². The Labute approximate surface area is 271 Å². The second-order valence-corrected chi connectivity index (χ2v) is 14.4. The van der Waals surface area contributed by atoms with Crippen LogP contribution in [0.15, 0.2) is 12.7 Å². The number of fused-ring (bicyclic) bond motifs is 1. The van der Waals surface area contributed by atoms with E-state index >= 15 is 0 Å². The first-order valence-corrected chi connectivity index (χ1v) is 18.0. The second kappa shape index (κ2) is 16.2. The van der Waals surface area contributed by atoms with E-state index in [1.165, 1.54) is 10.9 Å². The number of phosphoric ester groups is 2. The third-order valence-corrected chi connectivity index (χ3v) is 10.1. The first-order chi connectivity index (χ1) is 21.9. The summed E-state index contributed by atoms with van der Waals surface area (Å²) in [7, 11) is -11.0. The van der Waals surface area contributed by atoms with Crippen molar-refractivity contribution >= 4 is 61.3 Å². The van der Waals surface area contributed by atoms with Gasteiger partial charge in [0.15, 0.2) is 28.9 Å². The van der Waals surface area contributed by atoms with E-state index in [-0.39, 0.29) is 48.0 Å². The van der Waals surface area contributed by atoms with Crippen LogP contribution in [0.4, 0.5) is 5.82 Å². The molecule has 3 rings (SSSR count). The van der Waals surface area contributed by atoms with Crippen molar-refractivity contribution in [2.75, 3.05) is 31.7 Å². The van der Waals surface area contributed by atoms with Gasteiger partial charge in [0.25, 0.3) is 5.91 Å². The number of nitrogens with one attached hydrogen (secondary N) is 2. The molecule has 0 bridgehead atoms. The molecule has 2 amide bonds. The zero-order valence-corrected chi connectivity index (χ0v) is 28.0. The van der Waals surface area contributed by atoms with Crippen LogP contribution >= 0.6 is 27.4 Å². The molecule has 0 aromatic carbocycles. The second-order valence-electron chi connectivity index (χ2n) is 10.6. The number of imidazole rings is 1. The summed E-state index contributed by atoms with van der Waals surface area (Å²) in [5.74, 6) is -1.49. The normalized spacial score (nSPS) is 23.1. The molecule has 21 nitrogen and oxygen atoms in total. The number of aliphatic hydroxyl groups excluding tert-OH is 3. The number of ether oxygens (including phenoxy) is 1. The average molecular weight is 730 g/mol. The fourth-order valence-electron chi connectivity index (χ4n) is 4.20. The summed E-state index contributed by atoms with van der Waals surface area (Å²) in [6.07, 6.45) is -3.60. The van der Waals surface area contributed by atoms with Gasteiger partial charge in [-0.2, -0.15) is 4.31 Å². The summed E-state index contributed by atoms with van der Waals surface area (Å²) in [4.78, 5) is 67.6. The van der Waals surface area contributed by atoms with Crippen LogP contribution in [0.1, 0.15) is 39.3 Å². The summed E-state index contributed by atoms with van der Waals surface area (Å²) in [5, 5.41) is 36.1. The Morgan fingerprint density at radius 3 is 2.49 bits per heavy atom. The van der Waals surface area contributed by atoms with Crippen molar-refractivity contribution in [3.05, 3.63) is 12.7 Å². The van der Waals surface area contributed by atoms with E-state index in [2.05, 4.69) is 29.9 Å². The molecule has 9 N–H and O–H groups in total. The number of nitrogens with zero attached hydrogens (tertiary/aromatic N) is 4. The lowest BCUT2D eigenvalue weighted by molar-refractivity contribution is -0.140. The van der Waals surface area contributed by atoms with Crippen LogP contribution in [0.3, 0.4) is 0 Å². The number of nitrogen functional groups attached to an aromatic ring is 1. The van der Waals surface area contributed by atoms with Crippen LogP contribution in [-0.2, 0) is 41.6 Å². The minimum Gasteiger partial charge on any atom is -0.387 e. The summed E-state index contributed by atoms with van der Waals surface area (Å²) < 4.78 is 45.6. The number of thioether (sulfide) groups is 1. The Bertz CT molecular complexity index is 1530. The Morgan fingerprint density at radius 2 is 1.81 bits per heavy atom. The van der Waals surface area contributed by atoms with Gasteiger partial charge in [0, 0.05) is 25.9 Å². The molecule has 1 saturated heterocycles. The highest BCUT2D eigenvalue weighted by Gasteiger charge is 2.48. The van der Waals surface area contributed by atoms with Crippen LogP contribution < -0.4 is 16.4 Å². The Morgan fingerprint density at radius 1 is 1.11 bits per heavy atom. The fraction of sp³-hybridized carbons (Fsp3) is 0.652. The lowest BCUT2D eigenvalue weighted by Gasteiger charge is -2.31. The number of amides is 2. The first-order valence-electron chi connectivity index (χ1n) is 13.8. The molecule has 3 heterocycles. The van der Waals surface area contributed by atoms with E-state index in [1.807, 2.05) is 0 Å². The molecule has 0 spiro atoms. The van der Waals surface area contributed by atoms with E-state index < -0.39 is 70.3 Å². The lowest BCUT2D eigenvalue weighted by atomic mass is 10.0. The smallest absolute Gasteiger partial charge is 0.387 e. The molecule has 0 saturated carbocycles. The van der Waals surface area contributed by atoms with Crippen molar-refractivity contribution in [1.29, 1.82) is 0 Å². The van der Waals surface area contributed by atoms with Gasteiger partial charge in [0.2, 0.25) is 5.91 Å². The third-order valence-electron chi connectivity index (χ3n) is 6.62. The Kier molecular flexibility index (Phi) is 13.4. The molecule has 1 aliphatic heterocycles. The largest absolute Gasteiger partial charge is 0.481 e. The number of rotatable bonds is 17. The molecular formula is C23H37N7O14P2S. The predicted octanol–water partition coefficient (Wildman–Crippen LogP) is -1.29. The number of aliphatic hydroxyl groups is 3. The summed E-state index contributed by atoms with van der Waals surface area (Å²) in [6.45, 7) is 1.12. The number of anilines is 1. The topological polar surface area (TPSA) is 317 Å². The van der Waals surface area contributed by atoms with Crippen LogP contribution in [0.25, 0.3) is 11.2 Å². The number of carbonyl (C=O) groups excluding carboxylic acids is 3. The quantitative estimate of drug-likeness (QED) is 0.0693. The summed E-state index contributed by atoms with van der Waals surface area (Å²) in [6, 6.07) is 0. The number of nitrogens with two attached hydrogens (primary N) is 1. The third kappa shape index (κ3) is 10.7. The SMILES string of the molecule is CSC(=O)CCCNC(=O)CCNC(=O)[C@H](O)C(C)(C)OP(=O)(O)OP(=O)(O)OC[C@H]1O[C@@H](n2cnc3c(N)ncnc32)[C@H](O)[C@@H]1O. The Hall–Kier alpha value is -2.59. The van der Waals surface area contributed by atoms with Crippen molar-refractivity contribution < 1.29 is 66.7 Å². The molecule has 0 radical (unpaired) electrons. The van der Waals surface area contributed by atoms with Gasteiger partial charge in [-0.25, -0.2) is 24.1 Å². The molecule has 0 aliphatic carbocycles. The molecular weight excluding hydrogens is 692 g/mol. The maximum Gasteiger partial charge on any atom is 0.481 e. The van der Waals surface area contributed by atoms with Crippen molar-refractivity contribution in [1.82, 2.24) is 30.2 Å². The van der Waals surface area contributed by atoms with Gasteiger partial charge < -0.3 is 46.2 Å². The average Bonchev–Trinajstić information content (AvgIpc) is 3.53. The molecule has 47 heavy (non-hydrogen) atoms. The number of hydrogen-bond donors (Lipinski definition) is 8. The van der Waals surface area contributed by atoms with Gasteiger partial charge in [-0.1, -0.05) is 11.8 Å². The van der Waals surface area contributed by atoms with Gasteiger partial charge in [-0.15, -0.1) is 0 Å². The van der Waals surface area contributed by atoms with E-state index in [9.17, 15) is 48.6 Å². The maximum absolute atomic E-state index is 12.6. The standard InChI is InChI=1S/C23H37N7O14P2S/c1-23(2,18(35)21(36)26-8-6-13(31)25-7-4-5-14(32)47-3)43-46(39,40)44-45(37,38)41-9-12-16(33)17(34)22(42-12)30-11-29-15-19(24)27-10-28-20(15)30/h10-12,16-18,22,33-35H,4-9H2,1-3H3,(H,25,31)(H,26,36)(H,37,38)(H,39,40)(H2,24,27,28)/t12-,16-,17-,18+,22-/m1/s1. The highest BCUT2D eigenvalue weighted by Crippen LogP contribution is 2.62. The van der Waals surface area contributed by atoms with E-state index in [1.54, 1.807) is 6.26 Å². The zero-order valence-electron chi connectivity index (χ0n) is 25.4. The minimum atomic E-state index is -5.53. The van der Waals surface area contributed by atoms with Crippen molar-refractivity contribution in [3.63, 3.8) is 0 Å². The van der Waals surface area contributed by atoms with Gasteiger partial charge in [-0.05, 0) is 26.5 Å². The predicted molar refractivity (Wildman–Crippen MR) is 162 cm³/mol. The molecule has 24 heteroatoms. The first kappa shape index (κ1) is 38.9. The van der Waals surface area contributed by atoms with Crippen LogP contribution in [0.5, 0.6) is 0 Å². The molecule has 1 aliphatic rings. The van der Waals surface area contributed by atoms with Crippen LogP contribution in [0, 0.1) is 0 Å².